The van der Waals surface area contributed by atoms with Crippen LogP contribution >= 0.6 is 11.3 Å². The summed E-state index contributed by atoms with van der Waals surface area (Å²) in [5.74, 6) is 0.958. The van der Waals surface area contributed by atoms with Crippen LogP contribution in [0.2, 0.25) is 0 Å². The van der Waals surface area contributed by atoms with Crippen LogP contribution in [-0.2, 0) is 5.41 Å². The van der Waals surface area contributed by atoms with E-state index in [2.05, 4.69) is 48.5 Å². The zero-order valence-electron chi connectivity index (χ0n) is 12.4. The number of thiophene rings is 1. The van der Waals surface area contributed by atoms with Crippen molar-refractivity contribution in [3.8, 4) is 0 Å². The summed E-state index contributed by atoms with van der Waals surface area (Å²) >= 11 is 1.90. The fourth-order valence-corrected chi connectivity index (χ4v) is 4.08. The van der Waals surface area contributed by atoms with Crippen LogP contribution in [0.4, 0.5) is 0 Å². The van der Waals surface area contributed by atoms with Gasteiger partial charge < -0.3 is 5.32 Å². The highest BCUT2D eigenvalue weighted by atomic mass is 32.1. The zero-order chi connectivity index (χ0) is 13.5. The van der Waals surface area contributed by atoms with E-state index < -0.39 is 0 Å². The van der Waals surface area contributed by atoms with Gasteiger partial charge in [0, 0.05) is 42.0 Å². The lowest BCUT2D eigenvalue weighted by molar-refractivity contribution is 0.110. The number of nitrogens with zero attached hydrogens (tertiary/aromatic N) is 1. The normalized spacial score (nSPS) is 29.6. The first-order valence-corrected chi connectivity index (χ1v) is 8.45. The summed E-state index contributed by atoms with van der Waals surface area (Å²) in [4.78, 5) is 4.22. The van der Waals surface area contributed by atoms with Crippen molar-refractivity contribution in [2.24, 2.45) is 5.92 Å². The molecular formula is C16H26N2S. The van der Waals surface area contributed by atoms with Crippen LogP contribution in [0.25, 0.3) is 0 Å². The highest BCUT2D eigenvalue weighted by molar-refractivity contribution is 7.10. The number of hydrogen-bond donors (Lipinski definition) is 1. The van der Waals surface area contributed by atoms with Gasteiger partial charge in [-0.05, 0) is 37.1 Å². The summed E-state index contributed by atoms with van der Waals surface area (Å²) in [6.45, 7) is 10.7. The van der Waals surface area contributed by atoms with Gasteiger partial charge in [-0.2, -0.15) is 0 Å². The monoisotopic (exact) mass is 278 g/mol. The third-order valence-electron chi connectivity index (χ3n) is 4.71. The SMILES string of the molecule is CC1CNC(C2CC2)CN1CC(C)(C)c1cccs1. The molecule has 0 amide bonds. The Morgan fingerprint density at radius 1 is 1.42 bits per heavy atom. The Bertz CT molecular complexity index is 408. The molecule has 1 N–H and O–H groups in total. The molecule has 1 aromatic rings. The van der Waals surface area contributed by atoms with Crippen molar-refractivity contribution in [1.29, 1.82) is 0 Å². The molecule has 2 heterocycles. The molecule has 106 valence electrons. The Balaban J connectivity index is 1.66. The van der Waals surface area contributed by atoms with E-state index >= 15 is 0 Å². The van der Waals surface area contributed by atoms with Gasteiger partial charge in [0.25, 0.3) is 0 Å². The van der Waals surface area contributed by atoms with Gasteiger partial charge in [0.2, 0.25) is 0 Å². The second kappa shape index (κ2) is 5.19. The Kier molecular flexibility index (Phi) is 3.71. The average molecular weight is 278 g/mol. The van der Waals surface area contributed by atoms with Crippen LogP contribution < -0.4 is 5.32 Å². The Hall–Kier alpha value is -0.380. The molecule has 0 spiro atoms. The highest BCUT2D eigenvalue weighted by Crippen LogP contribution is 2.35. The number of nitrogens with one attached hydrogen (secondary N) is 1. The van der Waals surface area contributed by atoms with Gasteiger partial charge in [0.1, 0.15) is 0 Å². The maximum atomic E-state index is 3.74. The van der Waals surface area contributed by atoms with Gasteiger partial charge in [-0.25, -0.2) is 0 Å². The van der Waals surface area contributed by atoms with E-state index in [1.165, 1.54) is 30.8 Å². The van der Waals surface area contributed by atoms with E-state index in [1.54, 1.807) is 0 Å². The van der Waals surface area contributed by atoms with Crippen LogP contribution in [0.5, 0.6) is 0 Å². The smallest absolute Gasteiger partial charge is 0.0224 e. The minimum absolute atomic E-state index is 0.272. The first-order valence-electron chi connectivity index (χ1n) is 7.58. The van der Waals surface area contributed by atoms with Crippen LogP contribution in [-0.4, -0.2) is 36.6 Å². The lowest BCUT2D eigenvalue weighted by atomic mass is 9.89. The molecule has 0 radical (unpaired) electrons. The van der Waals surface area contributed by atoms with Crippen molar-refractivity contribution in [3.63, 3.8) is 0 Å². The second-order valence-electron chi connectivity index (χ2n) is 6.99. The maximum Gasteiger partial charge on any atom is 0.0224 e. The molecule has 3 rings (SSSR count). The molecule has 2 nitrogen and oxygen atoms in total. The van der Waals surface area contributed by atoms with E-state index in [0.29, 0.717) is 6.04 Å². The van der Waals surface area contributed by atoms with Gasteiger partial charge in [-0.3, -0.25) is 4.90 Å². The van der Waals surface area contributed by atoms with Crippen molar-refractivity contribution < 1.29 is 0 Å². The van der Waals surface area contributed by atoms with Gasteiger partial charge >= 0.3 is 0 Å². The molecule has 2 fully saturated rings. The van der Waals surface area contributed by atoms with Crippen molar-refractivity contribution in [3.05, 3.63) is 22.4 Å². The highest BCUT2D eigenvalue weighted by Gasteiger charge is 2.37. The molecule has 0 bridgehead atoms. The van der Waals surface area contributed by atoms with Gasteiger partial charge in [0.15, 0.2) is 0 Å². The molecule has 1 saturated carbocycles. The molecule has 0 aromatic carbocycles. The Labute approximate surface area is 121 Å². The topological polar surface area (TPSA) is 15.3 Å². The van der Waals surface area contributed by atoms with Crippen LogP contribution in [0.15, 0.2) is 17.5 Å². The largest absolute Gasteiger partial charge is 0.311 e. The fraction of sp³-hybridized carbons (Fsp3) is 0.750. The molecule has 3 heteroatoms. The van der Waals surface area contributed by atoms with E-state index in [-0.39, 0.29) is 5.41 Å². The first-order chi connectivity index (χ1) is 9.06. The summed E-state index contributed by atoms with van der Waals surface area (Å²) in [7, 11) is 0. The lowest BCUT2D eigenvalue weighted by Gasteiger charge is -2.42. The summed E-state index contributed by atoms with van der Waals surface area (Å²) < 4.78 is 0. The molecule has 2 atom stereocenters. The van der Waals surface area contributed by atoms with Gasteiger partial charge in [-0.15, -0.1) is 11.3 Å². The molecule has 2 unspecified atom stereocenters. The average Bonchev–Trinajstić information content (AvgIpc) is 3.05. The second-order valence-corrected chi connectivity index (χ2v) is 7.94. The van der Waals surface area contributed by atoms with Crippen LogP contribution in [0.3, 0.4) is 0 Å². The van der Waals surface area contributed by atoms with Crippen molar-refractivity contribution in [2.75, 3.05) is 19.6 Å². The number of rotatable bonds is 4. The van der Waals surface area contributed by atoms with E-state index in [1.807, 2.05) is 11.3 Å². The summed E-state index contributed by atoms with van der Waals surface area (Å²) in [6, 6.07) is 5.87. The standard InChI is InChI=1S/C16H26N2S/c1-12-9-17-14(13-6-7-13)10-18(12)11-16(2,3)15-5-4-8-19-15/h4-5,8,12-14,17H,6-7,9-11H2,1-3H3. The minimum atomic E-state index is 0.272. The fourth-order valence-electron chi connectivity index (χ4n) is 3.23. The van der Waals surface area contributed by atoms with Crippen LogP contribution in [0, 0.1) is 5.92 Å². The third kappa shape index (κ3) is 3.04. The molecule has 1 aliphatic carbocycles. The van der Waals surface area contributed by atoms with E-state index in [9.17, 15) is 0 Å². The van der Waals surface area contributed by atoms with Crippen molar-refractivity contribution >= 4 is 11.3 Å². The predicted molar refractivity (Wildman–Crippen MR) is 82.9 cm³/mol. The quantitative estimate of drug-likeness (QED) is 0.910. The Morgan fingerprint density at radius 3 is 2.84 bits per heavy atom. The van der Waals surface area contributed by atoms with Crippen molar-refractivity contribution in [2.45, 2.75) is 51.1 Å². The number of piperazine rings is 1. The lowest BCUT2D eigenvalue weighted by Crippen LogP contribution is -2.58. The first kappa shape index (κ1) is 13.6. The molecular weight excluding hydrogens is 252 g/mol. The minimum Gasteiger partial charge on any atom is -0.311 e. The third-order valence-corrected chi connectivity index (χ3v) is 5.94. The molecule has 1 aliphatic heterocycles. The Morgan fingerprint density at radius 2 is 2.21 bits per heavy atom. The van der Waals surface area contributed by atoms with Crippen LogP contribution in [0.1, 0.15) is 38.5 Å². The molecule has 19 heavy (non-hydrogen) atoms. The summed E-state index contributed by atoms with van der Waals surface area (Å²) in [5.41, 5.74) is 0.272. The van der Waals surface area contributed by atoms with Crippen molar-refractivity contribution in [1.82, 2.24) is 10.2 Å². The molecule has 1 saturated heterocycles. The van der Waals surface area contributed by atoms with E-state index in [4.69, 9.17) is 0 Å². The molecule has 2 aliphatic rings. The molecule has 1 aromatic heterocycles. The van der Waals surface area contributed by atoms with E-state index in [0.717, 1.165) is 18.5 Å². The summed E-state index contributed by atoms with van der Waals surface area (Å²) in [5, 5.41) is 5.94. The zero-order valence-corrected chi connectivity index (χ0v) is 13.2. The van der Waals surface area contributed by atoms with Gasteiger partial charge in [-0.1, -0.05) is 19.9 Å². The predicted octanol–water partition coefficient (Wildman–Crippen LogP) is 3.10. The van der Waals surface area contributed by atoms with Gasteiger partial charge in [0.05, 0.1) is 0 Å². The maximum absolute atomic E-state index is 3.74. The summed E-state index contributed by atoms with van der Waals surface area (Å²) in [6.07, 6.45) is 2.88. The number of hydrogen-bond acceptors (Lipinski definition) is 3.